The molecule has 0 fully saturated rings. The van der Waals surface area contributed by atoms with Crippen LogP contribution in [0.2, 0.25) is 0 Å². The molecule has 1 aliphatic heterocycles. The highest BCUT2D eigenvalue weighted by Gasteiger charge is 2.45. The third kappa shape index (κ3) is 4.56. The van der Waals surface area contributed by atoms with Gasteiger partial charge in [-0.3, -0.25) is 14.4 Å². The molecule has 0 radical (unpaired) electrons. The maximum Gasteiger partial charge on any atom is 0.422 e. The van der Waals surface area contributed by atoms with E-state index in [0.29, 0.717) is 4.90 Å². The summed E-state index contributed by atoms with van der Waals surface area (Å²) in [5.41, 5.74) is -1.17. The number of nitrogens with zero attached hydrogens (tertiary/aromatic N) is 1. The van der Waals surface area contributed by atoms with E-state index in [4.69, 9.17) is 9.47 Å². The fourth-order valence-corrected chi connectivity index (χ4v) is 4.39. The van der Waals surface area contributed by atoms with Gasteiger partial charge in [0.1, 0.15) is 17.3 Å². The summed E-state index contributed by atoms with van der Waals surface area (Å²) in [6.07, 6.45) is -4.56. The zero-order chi connectivity index (χ0) is 27.1. The number of carbonyl (C=O) groups excluding carboxylic acids is 2. The molecule has 1 aliphatic rings. The Morgan fingerprint density at radius 2 is 1.54 bits per heavy atom. The molecule has 1 heterocycles. The minimum atomic E-state index is -4.74. The van der Waals surface area contributed by atoms with Crippen LogP contribution in [-0.4, -0.2) is 42.3 Å². The van der Waals surface area contributed by atoms with Gasteiger partial charge in [0, 0.05) is 10.8 Å². The molecule has 0 saturated heterocycles. The fraction of sp³-hybridized carbons (Fsp3) is 0.269. The van der Waals surface area contributed by atoms with Crippen molar-refractivity contribution in [3.8, 4) is 11.5 Å². The van der Waals surface area contributed by atoms with Gasteiger partial charge >= 0.3 is 12.1 Å². The smallest absolute Gasteiger partial charge is 0.422 e. The van der Waals surface area contributed by atoms with Crippen LogP contribution in [0.3, 0.4) is 0 Å². The van der Waals surface area contributed by atoms with Gasteiger partial charge in [0.25, 0.3) is 11.8 Å². The summed E-state index contributed by atoms with van der Waals surface area (Å²) in [7, 11) is 0. The maximum atomic E-state index is 15.2. The van der Waals surface area contributed by atoms with Crippen LogP contribution in [0.4, 0.5) is 23.2 Å². The van der Waals surface area contributed by atoms with Crippen LogP contribution < -0.4 is 14.4 Å². The number of amides is 2. The van der Waals surface area contributed by atoms with Gasteiger partial charge in [-0.1, -0.05) is 37.3 Å². The summed E-state index contributed by atoms with van der Waals surface area (Å²) in [4.78, 5) is 39.0. The number of alkyl halides is 3. The van der Waals surface area contributed by atoms with Gasteiger partial charge in [-0.05, 0) is 31.0 Å². The van der Waals surface area contributed by atoms with Crippen molar-refractivity contribution in [2.75, 3.05) is 18.1 Å². The lowest BCUT2D eigenvalue weighted by molar-refractivity contribution is -0.153. The molecule has 0 aliphatic carbocycles. The van der Waals surface area contributed by atoms with Crippen molar-refractivity contribution in [1.82, 2.24) is 0 Å². The Hall–Kier alpha value is -4.15. The molecular formula is C26H21F4NO6. The van der Waals surface area contributed by atoms with E-state index < -0.39 is 59.3 Å². The molecule has 1 atom stereocenters. The molecule has 0 saturated carbocycles. The number of anilines is 1. The first-order valence-electron chi connectivity index (χ1n) is 11.3. The quantitative estimate of drug-likeness (QED) is 0.303. The number of aliphatic carboxylic acids is 1. The molecule has 0 spiro atoms. The average Bonchev–Trinajstić information content (AvgIpc) is 3.08. The van der Waals surface area contributed by atoms with Crippen molar-refractivity contribution in [2.24, 2.45) is 0 Å². The van der Waals surface area contributed by atoms with Gasteiger partial charge < -0.3 is 14.6 Å². The van der Waals surface area contributed by atoms with Crippen molar-refractivity contribution in [3.63, 3.8) is 0 Å². The normalized spacial score (nSPS) is 14.2. The van der Waals surface area contributed by atoms with E-state index in [1.165, 1.54) is 24.3 Å². The van der Waals surface area contributed by atoms with E-state index in [9.17, 15) is 32.7 Å². The Balaban J connectivity index is 1.91. The average molecular weight is 519 g/mol. The van der Waals surface area contributed by atoms with E-state index in [1.54, 1.807) is 19.9 Å². The van der Waals surface area contributed by atoms with E-state index in [0.717, 1.165) is 12.1 Å². The van der Waals surface area contributed by atoms with Crippen molar-refractivity contribution in [1.29, 1.82) is 0 Å². The van der Waals surface area contributed by atoms with Crippen molar-refractivity contribution in [3.05, 3.63) is 65.0 Å². The molecule has 3 aromatic rings. The number of benzene rings is 3. The first kappa shape index (κ1) is 25.9. The van der Waals surface area contributed by atoms with Crippen LogP contribution >= 0.6 is 0 Å². The molecule has 3 aromatic carbocycles. The number of carbonyl (C=O) groups is 3. The van der Waals surface area contributed by atoms with Crippen molar-refractivity contribution < 1.29 is 46.5 Å². The monoisotopic (exact) mass is 519 g/mol. The molecule has 194 valence electrons. The molecule has 4 rings (SSSR count). The lowest BCUT2D eigenvalue weighted by Crippen LogP contribution is -2.30. The van der Waals surface area contributed by atoms with E-state index in [2.05, 4.69) is 0 Å². The number of carboxylic acids is 1. The van der Waals surface area contributed by atoms with Crippen LogP contribution in [0.5, 0.6) is 11.5 Å². The van der Waals surface area contributed by atoms with Gasteiger partial charge in [-0.15, -0.1) is 0 Å². The molecule has 0 aromatic heterocycles. The zero-order valence-corrected chi connectivity index (χ0v) is 19.7. The molecule has 0 bridgehead atoms. The topological polar surface area (TPSA) is 93.1 Å². The Labute approximate surface area is 208 Å². The maximum absolute atomic E-state index is 15.2. The van der Waals surface area contributed by atoms with Crippen LogP contribution in [0.1, 0.15) is 52.5 Å². The van der Waals surface area contributed by atoms with E-state index in [1.807, 2.05) is 0 Å². The number of imide groups is 1. The Kier molecular flexibility index (Phi) is 6.81. The highest BCUT2D eigenvalue weighted by molar-refractivity contribution is 6.38. The number of hydrogen-bond acceptors (Lipinski definition) is 5. The number of carboxylic acid groups (broad SMARTS) is 1. The van der Waals surface area contributed by atoms with Crippen LogP contribution in [0.15, 0.2) is 42.5 Å². The number of ether oxygens (including phenoxy) is 2. The van der Waals surface area contributed by atoms with Gasteiger partial charge in [-0.25, -0.2) is 9.29 Å². The minimum absolute atomic E-state index is 0.0396. The lowest BCUT2D eigenvalue weighted by Gasteiger charge is -2.17. The molecule has 2 amide bonds. The Bertz CT molecular complexity index is 1420. The summed E-state index contributed by atoms with van der Waals surface area (Å²) in [5, 5.41) is 9.72. The third-order valence-electron chi connectivity index (χ3n) is 5.94. The predicted molar refractivity (Wildman–Crippen MR) is 125 cm³/mol. The second-order valence-electron chi connectivity index (χ2n) is 8.25. The summed E-state index contributed by atoms with van der Waals surface area (Å²) < 4.78 is 65.1. The summed E-state index contributed by atoms with van der Waals surface area (Å²) in [5.74, 6) is -5.85. The number of hydrogen-bond donors (Lipinski definition) is 1. The molecule has 1 N–H and O–H groups in total. The standard InChI is InChI=1S/C26H21F4NO6/c1-3-14(25(34)35)13-9-10-18(17(27)11-13)31-23(32)19-20(24(31)33)22(37-12-26(28,29)30)16-8-6-5-7-15(16)21(19)36-4-2/h5-11,14H,3-4,12H2,1-2H3,(H,34,35). The molecule has 7 nitrogen and oxygen atoms in total. The van der Waals surface area contributed by atoms with Crippen LogP contribution in [0.25, 0.3) is 10.8 Å². The first-order valence-corrected chi connectivity index (χ1v) is 11.3. The second kappa shape index (κ2) is 9.72. The molecule has 1 unspecified atom stereocenters. The van der Waals surface area contributed by atoms with Crippen molar-refractivity contribution >= 4 is 34.2 Å². The Morgan fingerprint density at radius 1 is 0.973 bits per heavy atom. The molecular weight excluding hydrogens is 498 g/mol. The van der Waals surface area contributed by atoms with Crippen LogP contribution in [-0.2, 0) is 4.79 Å². The molecule has 11 heteroatoms. The van der Waals surface area contributed by atoms with Crippen molar-refractivity contribution in [2.45, 2.75) is 32.4 Å². The largest absolute Gasteiger partial charge is 0.492 e. The number of rotatable bonds is 8. The van der Waals surface area contributed by atoms with Gasteiger partial charge in [0.05, 0.1) is 29.3 Å². The summed E-state index contributed by atoms with van der Waals surface area (Å²) >= 11 is 0. The van der Waals surface area contributed by atoms with E-state index in [-0.39, 0.29) is 40.7 Å². The highest BCUT2D eigenvalue weighted by Crippen LogP contribution is 2.46. The lowest BCUT2D eigenvalue weighted by atomic mass is 9.96. The minimum Gasteiger partial charge on any atom is -0.492 e. The van der Waals surface area contributed by atoms with Crippen LogP contribution in [0, 0.1) is 5.82 Å². The zero-order valence-electron chi connectivity index (χ0n) is 19.7. The second-order valence-corrected chi connectivity index (χ2v) is 8.25. The Morgan fingerprint density at radius 3 is 2.00 bits per heavy atom. The van der Waals surface area contributed by atoms with E-state index >= 15 is 4.39 Å². The third-order valence-corrected chi connectivity index (χ3v) is 5.94. The highest BCUT2D eigenvalue weighted by atomic mass is 19.4. The predicted octanol–water partition coefficient (Wildman–Crippen LogP) is 5.70. The van der Waals surface area contributed by atoms with Gasteiger partial charge in [-0.2, -0.15) is 13.2 Å². The van der Waals surface area contributed by atoms with Gasteiger partial charge in [0.15, 0.2) is 6.61 Å². The number of halogens is 4. The SMILES string of the molecule is CCOc1c2c(c(OCC(F)(F)F)c3ccccc13)C(=O)N(c1ccc(C(CC)C(=O)O)cc1F)C2=O. The summed E-state index contributed by atoms with van der Waals surface area (Å²) in [6.45, 7) is 1.57. The molecule has 37 heavy (non-hydrogen) atoms. The number of fused-ring (bicyclic) bond motifs is 2. The van der Waals surface area contributed by atoms with Gasteiger partial charge in [0.2, 0.25) is 0 Å². The fourth-order valence-electron chi connectivity index (χ4n) is 4.39. The first-order chi connectivity index (χ1) is 17.5. The summed E-state index contributed by atoms with van der Waals surface area (Å²) in [6, 6.07) is 9.33.